The molecule has 14 heavy (non-hydrogen) atoms. The van der Waals surface area contributed by atoms with Crippen molar-refractivity contribution >= 4 is 17.1 Å². The van der Waals surface area contributed by atoms with E-state index in [1.165, 1.54) is 11.3 Å². The van der Waals surface area contributed by atoms with Crippen molar-refractivity contribution in [3.05, 3.63) is 22.4 Å². The lowest BCUT2D eigenvalue weighted by Gasteiger charge is -2.01. The van der Waals surface area contributed by atoms with Gasteiger partial charge in [0.2, 0.25) is 0 Å². The Bertz CT molecular complexity index is 256. The summed E-state index contributed by atoms with van der Waals surface area (Å²) in [5.41, 5.74) is 0. The summed E-state index contributed by atoms with van der Waals surface area (Å²) in [5.74, 6) is 0.0532. The molecule has 1 aromatic heterocycles. The lowest BCUT2D eigenvalue weighted by atomic mass is 10.3. The molecule has 1 heterocycles. The van der Waals surface area contributed by atoms with Crippen molar-refractivity contribution in [2.45, 2.75) is 6.42 Å². The molecule has 1 rings (SSSR count). The Morgan fingerprint density at radius 1 is 1.50 bits per heavy atom. The number of rotatable bonds is 7. The van der Waals surface area contributed by atoms with E-state index in [1.807, 2.05) is 17.5 Å². The van der Waals surface area contributed by atoms with Crippen molar-refractivity contribution in [2.24, 2.45) is 0 Å². The van der Waals surface area contributed by atoms with Gasteiger partial charge in [-0.1, -0.05) is 6.07 Å². The zero-order chi connectivity index (χ0) is 10.2. The molecular formula is C10H14O3S. The highest BCUT2D eigenvalue weighted by atomic mass is 32.1. The predicted octanol–water partition coefficient (Wildman–Crippen LogP) is 1.98. The van der Waals surface area contributed by atoms with E-state index in [1.54, 1.807) is 7.11 Å². The Labute approximate surface area is 87.7 Å². The number of thiophene rings is 1. The normalized spacial score (nSPS) is 10.4. The van der Waals surface area contributed by atoms with Gasteiger partial charge in [0, 0.05) is 20.3 Å². The quantitative estimate of drug-likeness (QED) is 0.514. The third-order valence-electron chi connectivity index (χ3n) is 1.67. The molecule has 78 valence electrons. The first-order valence-corrected chi connectivity index (χ1v) is 5.36. The topological polar surface area (TPSA) is 35.5 Å². The second-order valence-electron chi connectivity index (χ2n) is 2.80. The van der Waals surface area contributed by atoms with Crippen LogP contribution in [0.2, 0.25) is 0 Å². The van der Waals surface area contributed by atoms with Gasteiger partial charge in [-0.25, -0.2) is 0 Å². The van der Waals surface area contributed by atoms with E-state index in [4.69, 9.17) is 9.47 Å². The minimum absolute atomic E-state index is 0.0532. The number of hydrogen-bond acceptors (Lipinski definition) is 4. The summed E-state index contributed by atoms with van der Waals surface area (Å²) < 4.78 is 10.1. The van der Waals surface area contributed by atoms with Crippen molar-refractivity contribution < 1.29 is 14.3 Å². The van der Waals surface area contributed by atoms with Gasteiger partial charge in [0.15, 0.2) is 5.78 Å². The summed E-state index contributed by atoms with van der Waals surface area (Å²) in [7, 11) is 1.65. The van der Waals surface area contributed by atoms with Crippen molar-refractivity contribution in [2.75, 3.05) is 26.9 Å². The Morgan fingerprint density at radius 3 is 3.00 bits per heavy atom. The monoisotopic (exact) mass is 214 g/mol. The van der Waals surface area contributed by atoms with Crippen LogP contribution in [0.4, 0.5) is 0 Å². The summed E-state index contributed by atoms with van der Waals surface area (Å²) in [6.07, 6.45) is 0.828. The Kier molecular flexibility index (Phi) is 5.44. The number of ketones is 1. The molecule has 3 nitrogen and oxygen atoms in total. The van der Waals surface area contributed by atoms with Gasteiger partial charge in [0.25, 0.3) is 0 Å². The molecule has 0 bridgehead atoms. The highest BCUT2D eigenvalue weighted by Gasteiger charge is 2.05. The Morgan fingerprint density at radius 2 is 2.36 bits per heavy atom. The maximum Gasteiger partial charge on any atom is 0.198 e. The summed E-state index contributed by atoms with van der Waals surface area (Å²) >= 11 is 1.45. The van der Waals surface area contributed by atoms with Crippen molar-refractivity contribution in [1.82, 2.24) is 0 Å². The second-order valence-corrected chi connectivity index (χ2v) is 3.75. The molecule has 0 aliphatic heterocycles. The SMILES string of the molecule is COCCCOCC(=O)c1cccs1. The van der Waals surface area contributed by atoms with Gasteiger partial charge < -0.3 is 9.47 Å². The maximum absolute atomic E-state index is 11.4. The van der Waals surface area contributed by atoms with Crippen LogP contribution in [0.25, 0.3) is 0 Å². The number of Topliss-reactive ketones (excluding diaryl/α,β-unsaturated/α-hetero) is 1. The summed E-state index contributed by atoms with van der Waals surface area (Å²) in [5, 5.41) is 1.89. The van der Waals surface area contributed by atoms with Gasteiger partial charge in [-0.3, -0.25) is 4.79 Å². The molecule has 0 saturated carbocycles. The average molecular weight is 214 g/mol. The van der Waals surface area contributed by atoms with E-state index >= 15 is 0 Å². The molecule has 0 radical (unpaired) electrons. The summed E-state index contributed by atoms with van der Waals surface area (Å²) in [4.78, 5) is 12.2. The van der Waals surface area contributed by atoms with Crippen LogP contribution in [0.3, 0.4) is 0 Å². The molecule has 1 aromatic rings. The molecule has 0 amide bonds. The van der Waals surface area contributed by atoms with E-state index in [-0.39, 0.29) is 12.4 Å². The molecule has 0 N–H and O–H groups in total. The highest BCUT2D eigenvalue weighted by molar-refractivity contribution is 7.12. The number of carbonyl (C=O) groups is 1. The largest absolute Gasteiger partial charge is 0.385 e. The summed E-state index contributed by atoms with van der Waals surface area (Å²) in [6.45, 7) is 1.42. The fourth-order valence-electron chi connectivity index (χ4n) is 0.979. The molecule has 4 heteroatoms. The molecule has 0 saturated heterocycles. The number of methoxy groups -OCH3 is 1. The number of hydrogen-bond donors (Lipinski definition) is 0. The van der Waals surface area contributed by atoms with Crippen LogP contribution in [0.5, 0.6) is 0 Å². The van der Waals surface area contributed by atoms with Gasteiger partial charge in [-0.05, 0) is 17.9 Å². The minimum atomic E-state index is 0.0532. The zero-order valence-electron chi connectivity index (χ0n) is 8.19. The average Bonchev–Trinajstić information content (AvgIpc) is 2.70. The fraction of sp³-hybridized carbons (Fsp3) is 0.500. The molecule has 0 spiro atoms. The van der Waals surface area contributed by atoms with Crippen LogP contribution < -0.4 is 0 Å². The Balaban J connectivity index is 2.10. The predicted molar refractivity (Wildman–Crippen MR) is 56.0 cm³/mol. The van der Waals surface area contributed by atoms with Crippen LogP contribution in [0.15, 0.2) is 17.5 Å². The van der Waals surface area contributed by atoms with E-state index in [0.29, 0.717) is 13.2 Å². The highest BCUT2D eigenvalue weighted by Crippen LogP contribution is 2.09. The van der Waals surface area contributed by atoms with Crippen molar-refractivity contribution in [1.29, 1.82) is 0 Å². The van der Waals surface area contributed by atoms with Gasteiger partial charge in [-0.2, -0.15) is 0 Å². The van der Waals surface area contributed by atoms with Crippen LogP contribution >= 0.6 is 11.3 Å². The third-order valence-corrected chi connectivity index (χ3v) is 2.58. The molecular weight excluding hydrogens is 200 g/mol. The Hall–Kier alpha value is -0.710. The zero-order valence-corrected chi connectivity index (χ0v) is 9.01. The van der Waals surface area contributed by atoms with Crippen molar-refractivity contribution in [3.8, 4) is 0 Å². The molecule has 0 aromatic carbocycles. The maximum atomic E-state index is 11.4. The molecule has 0 aliphatic rings. The smallest absolute Gasteiger partial charge is 0.198 e. The number of carbonyl (C=O) groups excluding carboxylic acids is 1. The van der Waals surface area contributed by atoms with E-state index in [9.17, 15) is 4.79 Å². The third kappa shape index (κ3) is 4.00. The fourth-order valence-corrected chi connectivity index (χ4v) is 1.63. The first-order valence-electron chi connectivity index (χ1n) is 4.48. The molecule has 0 aliphatic carbocycles. The van der Waals surface area contributed by atoms with Crippen LogP contribution in [-0.4, -0.2) is 32.7 Å². The minimum Gasteiger partial charge on any atom is -0.385 e. The number of ether oxygens (including phenoxy) is 2. The van der Waals surface area contributed by atoms with Gasteiger partial charge in [-0.15, -0.1) is 11.3 Å². The van der Waals surface area contributed by atoms with Gasteiger partial charge in [0.1, 0.15) is 6.61 Å². The molecule has 0 atom stereocenters. The van der Waals surface area contributed by atoms with E-state index in [2.05, 4.69) is 0 Å². The summed E-state index contributed by atoms with van der Waals surface area (Å²) in [6, 6.07) is 3.67. The van der Waals surface area contributed by atoms with Crippen LogP contribution in [-0.2, 0) is 9.47 Å². The van der Waals surface area contributed by atoms with Gasteiger partial charge in [0.05, 0.1) is 4.88 Å². The first-order chi connectivity index (χ1) is 6.84. The first kappa shape index (κ1) is 11.4. The lowest BCUT2D eigenvalue weighted by Crippen LogP contribution is -2.09. The second kappa shape index (κ2) is 6.70. The van der Waals surface area contributed by atoms with Crippen LogP contribution in [0, 0.1) is 0 Å². The van der Waals surface area contributed by atoms with Crippen LogP contribution in [0.1, 0.15) is 16.1 Å². The van der Waals surface area contributed by atoms with Crippen molar-refractivity contribution in [3.63, 3.8) is 0 Å². The van der Waals surface area contributed by atoms with Gasteiger partial charge >= 0.3 is 0 Å². The van der Waals surface area contributed by atoms with E-state index < -0.39 is 0 Å². The van der Waals surface area contributed by atoms with E-state index in [0.717, 1.165) is 11.3 Å². The lowest BCUT2D eigenvalue weighted by molar-refractivity contribution is 0.0709. The molecule has 0 unspecified atom stereocenters. The standard InChI is InChI=1S/C10H14O3S/c1-12-5-3-6-13-8-9(11)10-4-2-7-14-10/h2,4,7H,3,5-6,8H2,1H3. The molecule has 0 fully saturated rings.